The second kappa shape index (κ2) is 15.4. The van der Waals surface area contributed by atoms with Crippen LogP contribution in [0.3, 0.4) is 0 Å². The van der Waals surface area contributed by atoms with E-state index in [9.17, 15) is 36.7 Å². The number of fused-ring (bicyclic) bond motifs is 3. The number of halogens is 4. The minimum absolute atomic E-state index is 0.0265. The van der Waals surface area contributed by atoms with E-state index in [1.807, 2.05) is 13.8 Å². The van der Waals surface area contributed by atoms with E-state index < -0.39 is 64.7 Å². The lowest BCUT2D eigenvalue weighted by Gasteiger charge is -2.39. The van der Waals surface area contributed by atoms with Gasteiger partial charge in [-0.2, -0.15) is 13.2 Å². The summed E-state index contributed by atoms with van der Waals surface area (Å²) in [6, 6.07) is 7.34. The van der Waals surface area contributed by atoms with Gasteiger partial charge in [0.25, 0.3) is 5.91 Å². The summed E-state index contributed by atoms with van der Waals surface area (Å²) in [4.78, 5) is 62.3. The average Bonchev–Trinajstić information content (AvgIpc) is 3.43. The molecular weight excluding hydrogens is 646 g/mol. The molecule has 49 heavy (non-hydrogen) atoms. The Hall–Kier alpha value is -4.46. The van der Waals surface area contributed by atoms with E-state index >= 15 is 0 Å². The smallest absolute Gasteiger partial charge is 0.358 e. The number of nitrogens with one attached hydrogen (secondary N) is 5. The number of alkyl halides is 3. The first-order chi connectivity index (χ1) is 23.1. The van der Waals surface area contributed by atoms with Gasteiger partial charge in [0.2, 0.25) is 17.7 Å². The van der Waals surface area contributed by atoms with E-state index in [-0.39, 0.29) is 48.1 Å². The van der Waals surface area contributed by atoms with E-state index in [1.165, 1.54) is 37.4 Å². The van der Waals surface area contributed by atoms with Crippen LogP contribution in [0.1, 0.15) is 69.3 Å². The van der Waals surface area contributed by atoms with Crippen molar-refractivity contribution in [3.05, 3.63) is 70.7 Å². The zero-order valence-corrected chi connectivity index (χ0v) is 28.1. The Bertz CT molecular complexity index is 1690. The molecule has 0 saturated carbocycles. The highest BCUT2D eigenvalue weighted by Gasteiger charge is 2.47. The van der Waals surface area contributed by atoms with Crippen LogP contribution >= 0.6 is 0 Å². The molecule has 1 heterocycles. The van der Waals surface area contributed by atoms with E-state index in [0.29, 0.717) is 24.1 Å². The van der Waals surface area contributed by atoms with Crippen LogP contribution in [0.4, 0.5) is 17.6 Å². The van der Waals surface area contributed by atoms with Gasteiger partial charge in [0.1, 0.15) is 23.4 Å². The number of carbonyl (C=O) groups is 4. The molecule has 2 unspecified atom stereocenters. The zero-order valence-electron chi connectivity index (χ0n) is 28.1. The Morgan fingerprint density at radius 1 is 0.939 bits per heavy atom. The number of rotatable bonds is 13. The fourth-order valence-corrected chi connectivity index (χ4v) is 6.26. The highest BCUT2D eigenvalue weighted by molar-refractivity contribution is 5.98. The number of aryl methyl sites for hydroxylation is 1. The molecule has 1 aromatic heterocycles. The number of para-hydroxylation sites is 1. The van der Waals surface area contributed by atoms with E-state index in [4.69, 9.17) is 4.84 Å². The van der Waals surface area contributed by atoms with E-state index in [1.54, 1.807) is 19.9 Å². The van der Waals surface area contributed by atoms with E-state index in [2.05, 4.69) is 26.4 Å². The number of aromatic nitrogens is 1. The second-order valence-corrected chi connectivity index (χ2v) is 12.8. The molecule has 3 aromatic rings. The summed E-state index contributed by atoms with van der Waals surface area (Å²) < 4.78 is 56.1. The SMILES string of the molecule is CCC(C)[C@H](NC(=O)Cc1ccccc1F)C(=O)N[C@]1(C(=O)N[C@H](C(=O)NOC)C(C)CC)CCc2[nH]c3c(C(F)(F)F)cccc3c2C1. The van der Waals surface area contributed by atoms with Crippen molar-refractivity contribution in [2.75, 3.05) is 7.11 Å². The average molecular weight is 690 g/mol. The summed E-state index contributed by atoms with van der Waals surface area (Å²) in [5.41, 5.74) is 0.584. The van der Waals surface area contributed by atoms with Crippen LogP contribution in [0.5, 0.6) is 0 Å². The Balaban J connectivity index is 1.74. The van der Waals surface area contributed by atoms with Gasteiger partial charge in [-0.25, -0.2) is 9.87 Å². The van der Waals surface area contributed by atoms with Crippen LogP contribution in [0.15, 0.2) is 42.5 Å². The third-order valence-corrected chi connectivity index (χ3v) is 9.52. The zero-order chi connectivity index (χ0) is 36.1. The standard InChI is InChI=1S/C35H43F4N5O5/c1-6-19(3)28(41-27(45)17-21-11-8-9-14-25(21)36)31(46)43-34(33(48)42-29(20(4)7-2)32(47)44-49-5)16-15-26-23(18-34)22-12-10-13-24(30(22)40-26)35(37,38)39/h8-14,19-20,28-29,40H,6-7,15-18H2,1-5H3,(H,41,45)(H,42,48)(H,43,46)(H,44,47)/t19?,20?,28-,29-,34+/m0/s1. The van der Waals surface area contributed by atoms with E-state index in [0.717, 1.165) is 6.07 Å². The molecule has 2 aromatic carbocycles. The molecule has 0 aliphatic heterocycles. The first-order valence-corrected chi connectivity index (χ1v) is 16.3. The summed E-state index contributed by atoms with van der Waals surface area (Å²) in [5, 5.41) is 8.59. The number of aromatic amines is 1. The lowest BCUT2D eigenvalue weighted by molar-refractivity contribution is -0.141. The first-order valence-electron chi connectivity index (χ1n) is 16.3. The van der Waals surface area contributed by atoms with Gasteiger partial charge in [0.05, 0.1) is 24.6 Å². The summed E-state index contributed by atoms with van der Waals surface area (Å²) >= 11 is 0. The molecule has 0 spiro atoms. The largest absolute Gasteiger partial charge is 0.418 e. The number of benzene rings is 2. The van der Waals surface area contributed by atoms with Crippen LogP contribution in [0, 0.1) is 17.7 Å². The first kappa shape index (κ1) is 37.4. The maximum absolute atomic E-state index is 14.4. The Morgan fingerprint density at radius 2 is 1.59 bits per heavy atom. The number of hydrogen-bond acceptors (Lipinski definition) is 5. The van der Waals surface area contributed by atoms with Gasteiger partial charge < -0.3 is 20.9 Å². The molecule has 1 aliphatic rings. The Kier molecular flexibility index (Phi) is 11.7. The van der Waals surface area contributed by atoms with Crippen molar-refractivity contribution in [1.82, 2.24) is 26.4 Å². The molecule has 0 bridgehead atoms. The van der Waals surface area contributed by atoms with Crippen LogP contribution in [0.25, 0.3) is 10.9 Å². The van der Waals surface area contributed by atoms with Crippen LogP contribution in [-0.2, 0) is 49.5 Å². The van der Waals surface area contributed by atoms with Gasteiger partial charge in [-0.15, -0.1) is 0 Å². The van der Waals surface area contributed by atoms with Crippen LogP contribution in [-0.4, -0.2) is 53.3 Å². The van der Waals surface area contributed by atoms with Gasteiger partial charge >= 0.3 is 6.18 Å². The number of hydroxylamine groups is 1. The lowest BCUT2D eigenvalue weighted by Crippen LogP contribution is -2.67. The number of H-pyrrole nitrogens is 1. The van der Waals surface area contributed by atoms with Crippen molar-refractivity contribution in [1.29, 1.82) is 0 Å². The second-order valence-electron chi connectivity index (χ2n) is 12.8. The highest BCUT2D eigenvalue weighted by atomic mass is 19.4. The molecule has 5 N–H and O–H groups in total. The molecule has 266 valence electrons. The lowest BCUT2D eigenvalue weighted by atomic mass is 9.78. The van der Waals surface area contributed by atoms with Crippen molar-refractivity contribution < 1.29 is 41.6 Å². The maximum Gasteiger partial charge on any atom is 0.418 e. The molecule has 1 aliphatic carbocycles. The normalized spacial score (nSPS) is 18.5. The highest BCUT2D eigenvalue weighted by Crippen LogP contribution is 2.40. The molecule has 10 nitrogen and oxygen atoms in total. The van der Waals surface area contributed by atoms with Crippen molar-refractivity contribution >= 4 is 34.5 Å². The van der Waals surface area contributed by atoms with Gasteiger partial charge in [-0.3, -0.25) is 24.0 Å². The van der Waals surface area contributed by atoms with Gasteiger partial charge in [-0.1, -0.05) is 70.9 Å². The fraction of sp³-hybridized carbons (Fsp3) is 0.486. The molecule has 0 fully saturated rings. The van der Waals surface area contributed by atoms with Gasteiger partial charge in [-0.05, 0) is 47.9 Å². The molecule has 5 atom stereocenters. The van der Waals surface area contributed by atoms with Crippen molar-refractivity contribution in [2.24, 2.45) is 11.8 Å². The predicted octanol–water partition coefficient (Wildman–Crippen LogP) is 4.65. The quantitative estimate of drug-likeness (QED) is 0.131. The van der Waals surface area contributed by atoms with Gasteiger partial charge in [0, 0.05) is 17.5 Å². The minimum atomic E-state index is -4.64. The summed E-state index contributed by atoms with van der Waals surface area (Å²) in [5.74, 6) is -4.01. The molecule has 14 heteroatoms. The third-order valence-electron chi connectivity index (χ3n) is 9.52. The summed E-state index contributed by atoms with van der Waals surface area (Å²) in [6.07, 6.45) is -4.14. The number of hydrogen-bond donors (Lipinski definition) is 5. The van der Waals surface area contributed by atoms with Crippen LogP contribution < -0.4 is 21.4 Å². The van der Waals surface area contributed by atoms with Crippen LogP contribution in [0.2, 0.25) is 0 Å². The summed E-state index contributed by atoms with van der Waals surface area (Å²) in [7, 11) is 1.25. The molecular formula is C35H43F4N5O5. The predicted molar refractivity (Wildman–Crippen MR) is 174 cm³/mol. The molecule has 4 amide bonds. The number of carbonyl (C=O) groups excluding carboxylic acids is 4. The van der Waals surface area contributed by atoms with Crippen molar-refractivity contribution in [3.63, 3.8) is 0 Å². The minimum Gasteiger partial charge on any atom is -0.358 e. The summed E-state index contributed by atoms with van der Waals surface area (Å²) in [6.45, 7) is 7.15. The van der Waals surface area contributed by atoms with Crippen molar-refractivity contribution in [2.45, 2.75) is 90.0 Å². The third kappa shape index (κ3) is 8.23. The van der Waals surface area contributed by atoms with Gasteiger partial charge in [0.15, 0.2) is 0 Å². The topological polar surface area (TPSA) is 141 Å². The Labute approximate surface area is 282 Å². The number of amides is 4. The molecule has 4 rings (SSSR count). The Morgan fingerprint density at radius 3 is 2.20 bits per heavy atom. The fourth-order valence-electron chi connectivity index (χ4n) is 6.26. The monoisotopic (exact) mass is 689 g/mol. The van der Waals surface area contributed by atoms with Crippen molar-refractivity contribution in [3.8, 4) is 0 Å². The maximum atomic E-state index is 14.4. The molecule has 0 saturated heterocycles. The molecule has 0 radical (unpaired) electrons.